The Morgan fingerprint density at radius 1 is 1.04 bits per heavy atom. The summed E-state index contributed by atoms with van der Waals surface area (Å²) in [6.07, 6.45) is 0.973. The fourth-order valence-electron chi connectivity index (χ4n) is 3.43. The topological polar surface area (TPSA) is 37.3 Å². The van der Waals surface area contributed by atoms with Crippen LogP contribution in [-0.2, 0) is 0 Å². The van der Waals surface area contributed by atoms with Crippen LogP contribution in [0.2, 0.25) is 5.02 Å². The van der Waals surface area contributed by atoms with Crippen LogP contribution in [-0.4, -0.2) is 37.0 Å². The van der Waals surface area contributed by atoms with E-state index < -0.39 is 0 Å². The summed E-state index contributed by atoms with van der Waals surface area (Å²) >= 11 is 6.22. The van der Waals surface area contributed by atoms with Gasteiger partial charge in [-0.1, -0.05) is 35.9 Å². The molecule has 1 aliphatic rings. The molecule has 1 aliphatic heterocycles. The Morgan fingerprint density at radius 3 is 2.58 bits per heavy atom. The zero-order chi connectivity index (χ0) is 16.5. The van der Waals surface area contributed by atoms with Gasteiger partial charge in [0.25, 0.3) is 0 Å². The van der Waals surface area contributed by atoms with E-state index >= 15 is 0 Å². The number of piperazine rings is 1. The van der Waals surface area contributed by atoms with Crippen molar-refractivity contribution in [3.05, 3.63) is 59.1 Å². The standard InChI is InChI=1S/C19H18ClN3O/c20-14-4-3-5-15(12-14)23-18-7-2-1-6-16(18)17(13-24)19(23)22-10-8-21-9-11-22/h1-7,12-13,21H,8-11H2. The molecule has 4 nitrogen and oxygen atoms in total. The van der Waals surface area contributed by atoms with E-state index in [0.717, 1.165) is 60.4 Å². The number of halogens is 1. The molecular formula is C19H18ClN3O. The highest BCUT2D eigenvalue weighted by Gasteiger charge is 2.23. The number of carbonyl (C=O) groups is 1. The summed E-state index contributed by atoms with van der Waals surface area (Å²) in [5.41, 5.74) is 2.74. The van der Waals surface area contributed by atoms with Crippen molar-refractivity contribution < 1.29 is 4.79 Å². The fraction of sp³-hybridized carbons (Fsp3) is 0.211. The maximum absolute atomic E-state index is 11.9. The molecule has 1 N–H and O–H groups in total. The molecule has 0 radical (unpaired) electrons. The molecule has 1 saturated heterocycles. The number of para-hydroxylation sites is 1. The monoisotopic (exact) mass is 339 g/mol. The van der Waals surface area contributed by atoms with Gasteiger partial charge in [-0.05, 0) is 24.3 Å². The van der Waals surface area contributed by atoms with Gasteiger partial charge in [-0.2, -0.15) is 0 Å². The van der Waals surface area contributed by atoms with Gasteiger partial charge in [-0.25, -0.2) is 0 Å². The van der Waals surface area contributed by atoms with E-state index in [1.165, 1.54) is 0 Å². The molecule has 1 aromatic heterocycles. The average Bonchev–Trinajstić information content (AvgIpc) is 2.97. The number of hydrogen-bond acceptors (Lipinski definition) is 3. The quantitative estimate of drug-likeness (QED) is 0.742. The van der Waals surface area contributed by atoms with Crippen LogP contribution in [0.1, 0.15) is 10.4 Å². The minimum absolute atomic E-state index is 0.684. The molecule has 24 heavy (non-hydrogen) atoms. The first-order valence-electron chi connectivity index (χ1n) is 8.10. The number of nitrogens with one attached hydrogen (secondary N) is 1. The van der Waals surface area contributed by atoms with E-state index in [4.69, 9.17) is 11.6 Å². The first-order valence-corrected chi connectivity index (χ1v) is 8.47. The van der Waals surface area contributed by atoms with E-state index in [2.05, 4.69) is 20.9 Å². The van der Waals surface area contributed by atoms with Gasteiger partial charge in [0.1, 0.15) is 5.82 Å². The Labute approximate surface area is 145 Å². The number of benzene rings is 2. The lowest BCUT2D eigenvalue weighted by Gasteiger charge is -2.31. The van der Waals surface area contributed by atoms with Gasteiger partial charge in [0.05, 0.1) is 11.1 Å². The molecule has 0 amide bonds. The van der Waals surface area contributed by atoms with Crippen molar-refractivity contribution in [2.75, 3.05) is 31.1 Å². The third-order valence-corrected chi connectivity index (χ3v) is 4.72. The maximum atomic E-state index is 11.9. The van der Waals surface area contributed by atoms with E-state index in [1.807, 2.05) is 42.5 Å². The average molecular weight is 340 g/mol. The number of aldehydes is 1. The molecule has 4 rings (SSSR count). The highest BCUT2D eigenvalue weighted by atomic mass is 35.5. The Hall–Kier alpha value is -2.30. The first-order chi connectivity index (χ1) is 11.8. The largest absolute Gasteiger partial charge is 0.355 e. The zero-order valence-electron chi connectivity index (χ0n) is 13.2. The van der Waals surface area contributed by atoms with Gasteiger partial charge in [-0.3, -0.25) is 9.36 Å². The predicted octanol–water partition coefficient (Wildman–Crippen LogP) is 3.51. The van der Waals surface area contributed by atoms with E-state index in [1.54, 1.807) is 0 Å². The molecule has 3 aromatic rings. The second-order valence-electron chi connectivity index (χ2n) is 5.92. The molecule has 0 bridgehead atoms. The van der Waals surface area contributed by atoms with Crippen molar-refractivity contribution in [3.8, 4) is 5.69 Å². The Balaban J connectivity index is 2.04. The summed E-state index contributed by atoms with van der Waals surface area (Å²) in [6.45, 7) is 3.57. The first kappa shape index (κ1) is 15.2. The van der Waals surface area contributed by atoms with Crippen molar-refractivity contribution in [1.82, 2.24) is 9.88 Å². The number of nitrogens with zero attached hydrogens (tertiary/aromatic N) is 2. The van der Waals surface area contributed by atoms with Crippen LogP contribution in [0.4, 0.5) is 5.82 Å². The number of fused-ring (bicyclic) bond motifs is 1. The van der Waals surface area contributed by atoms with E-state index in [9.17, 15) is 4.79 Å². The summed E-state index contributed by atoms with van der Waals surface area (Å²) in [4.78, 5) is 14.2. The lowest BCUT2D eigenvalue weighted by Crippen LogP contribution is -2.44. The molecule has 1 fully saturated rings. The molecule has 0 unspecified atom stereocenters. The van der Waals surface area contributed by atoms with Crippen LogP contribution in [0.5, 0.6) is 0 Å². The maximum Gasteiger partial charge on any atom is 0.154 e. The normalized spacial score (nSPS) is 15.0. The molecule has 0 spiro atoms. The third kappa shape index (κ3) is 2.48. The lowest BCUT2D eigenvalue weighted by atomic mass is 10.2. The summed E-state index contributed by atoms with van der Waals surface area (Å²) in [6, 6.07) is 15.8. The highest BCUT2D eigenvalue weighted by molar-refractivity contribution is 6.30. The number of hydrogen-bond donors (Lipinski definition) is 1. The Bertz CT molecular complexity index is 897. The molecule has 2 aromatic carbocycles. The Morgan fingerprint density at radius 2 is 1.83 bits per heavy atom. The molecule has 0 atom stereocenters. The number of aromatic nitrogens is 1. The highest BCUT2D eigenvalue weighted by Crippen LogP contribution is 2.35. The zero-order valence-corrected chi connectivity index (χ0v) is 14.0. The van der Waals surface area contributed by atoms with Gasteiger partial charge in [-0.15, -0.1) is 0 Å². The van der Waals surface area contributed by atoms with Crippen LogP contribution in [0.25, 0.3) is 16.6 Å². The summed E-state index contributed by atoms with van der Waals surface area (Å²) < 4.78 is 2.15. The minimum Gasteiger partial charge on any atom is -0.355 e. The molecule has 0 aliphatic carbocycles. The molecule has 122 valence electrons. The summed E-state index contributed by atoms with van der Waals surface area (Å²) in [5.74, 6) is 0.954. The van der Waals surface area contributed by atoms with Crippen molar-refractivity contribution in [2.45, 2.75) is 0 Å². The van der Waals surface area contributed by atoms with Crippen molar-refractivity contribution in [2.24, 2.45) is 0 Å². The van der Waals surface area contributed by atoms with Gasteiger partial charge in [0, 0.05) is 42.3 Å². The molecular weight excluding hydrogens is 322 g/mol. The molecule has 0 saturated carbocycles. The van der Waals surface area contributed by atoms with E-state index in [-0.39, 0.29) is 0 Å². The van der Waals surface area contributed by atoms with Crippen LogP contribution < -0.4 is 10.2 Å². The van der Waals surface area contributed by atoms with E-state index in [0.29, 0.717) is 5.02 Å². The third-order valence-electron chi connectivity index (χ3n) is 4.49. The lowest BCUT2D eigenvalue weighted by molar-refractivity contribution is 0.112. The van der Waals surface area contributed by atoms with Crippen LogP contribution in [0.15, 0.2) is 48.5 Å². The fourth-order valence-corrected chi connectivity index (χ4v) is 3.62. The molecule has 2 heterocycles. The van der Waals surface area contributed by atoms with Gasteiger partial charge < -0.3 is 10.2 Å². The van der Waals surface area contributed by atoms with Crippen LogP contribution in [0, 0.1) is 0 Å². The minimum atomic E-state index is 0.684. The van der Waals surface area contributed by atoms with Gasteiger partial charge in [0.15, 0.2) is 6.29 Å². The second kappa shape index (κ2) is 6.30. The van der Waals surface area contributed by atoms with Crippen LogP contribution in [0.3, 0.4) is 0 Å². The SMILES string of the molecule is O=Cc1c(N2CCNCC2)n(-c2cccc(Cl)c2)c2ccccc12. The molecule has 5 heteroatoms. The summed E-state index contributed by atoms with van der Waals surface area (Å²) in [7, 11) is 0. The smallest absolute Gasteiger partial charge is 0.154 e. The number of anilines is 1. The number of carbonyl (C=O) groups excluding carboxylic acids is 1. The van der Waals surface area contributed by atoms with Crippen molar-refractivity contribution in [3.63, 3.8) is 0 Å². The van der Waals surface area contributed by atoms with Crippen molar-refractivity contribution >= 4 is 34.6 Å². The second-order valence-corrected chi connectivity index (χ2v) is 6.36. The predicted molar refractivity (Wildman–Crippen MR) is 98.8 cm³/mol. The van der Waals surface area contributed by atoms with Crippen molar-refractivity contribution in [1.29, 1.82) is 0 Å². The summed E-state index contributed by atoms with van der Waals surface area (Å²) in [5, 5.41) is 5.02. The van der Waals surface area contributed by atoms with Gasteiger partial charge in [0.2, 0.25) is 0 Å². The number of rotatable bonds is 3. The van der Waals surface area contributed by atoms with Gasteiger partial charge >= 0.3 is 0 Å². The van der Waals surface area contributed by atoms with Crippen LogP contribution >= 0.6 is 11.6 Å². The Kier molecular flexibility index (Phi) is 4.00.